The molecule has 2 saturated carbocycles. The predicted octanol–water partition coefficient (Wildman–Crippen LogP) is 4.26. The number of pyridine rings is 1. The predicted molar refractivity (Wildman–Crippen MR) is 105 cm³/mol. The van der Waals surface area contributed by atoms with Gasteiger partial charge in [-0.15, -0.1) is 11.3 Å². The Balaban J connectivity index is 1.59. The maximum atomic E-state index is 13.5. The molecule has 4 rings (SSSR count). The Morgan fingerprint density at radius 3 is 2.38 bits per heavy atom. The molecule has 1 N–H and O–H groups in total. The van der Waals surface area contributed by atoms with Crippen molar-refractivity contribution in [3.05, 3.63) is 34.6 Å². The summed E-state index contributed by atoms with van der Waals surface area (Å²) in [4.78, 5) is 34.2. The summed E-state index contributed by atoms with van der Waals surface area (Å²) < 4.78 is 27.1. The summed E-state index contributed by atoms with van der Waals surface area (Å²) in [6, 6.07) is 2.08. The molecular weight excluding hydrogens is 398 g/mol. The van der Waals surface area contributed by atoms with Gasteiger partial charge >= 0.3 is 0 Å². The van der Waals surface area contributed by atoms with E-state index in [1.54, 1.807) is 6.92 Å². The highest BCUT2D eigenvalue weighted by atomic mass is 32.1. The normalized spacial score (nSPS) is 19.8. The van der Waals surface area contributed by atoms with E-state index in [2.05, 4.69) is 15.3 Å². The van der Waals surface area contributed by atoms with E-state index in [0.29, 0.717) is 4.88 Å². The van der Waals surface area contributed by atoms with Gasteiger partial charge < -0.3 is 5.32 Å². The van der Waals surface area contributed by atoms with E-state index in [1.807, 2.05) is 0 Å². The maximum Gasteiger partial charge on any atom is 0.271 e. The molecule has 29 heavy (non-hydrogen) atoms. The third-order valence-electron chi connectivity index (χ3n) is 6.09. The van der Waals surface area contributed by atoms with Gasteiger partial charge in [0.2, 0.25) is 17.8 Å². The van der Waals surface area contributed by atoms with Gasteiger partial charge in [-0.25, -0.2) is 4.98 Å². The van der Waals surface area contributed by atoms with Gasteiger partial charge in [0.25, 0.3) is 5.91 Å². The molecule has 0 aliphatic heterocycles. The number of aromatic nitrogens is 2. The van der Waals surface area contributed by atoms with Crippen LogP contribution in [0.5, 0.6) is 0 Å². The van der Waals surface area contributed by atoms with Crippen LogP contribution in [0.2, 0.25) is 0 Å². The van der Waals surface area contributed by atoms with E-state index in [4.69, 9.17) is 0 Å². The van der Waals surface area contributed by atoms with Crippen molar-refractivity contribution in [2.75, 3.05) is 4.90 Å². The minimum Gasteiger partial charge on any atom is -0.347 e. The Morgan fingerprint density at radius 2 is 1.83 bits per heavy atom. The van der Waals surface area contributed by atoms with E-state index in [0.717, 1.165) is 54.1 Å². The summed E-state index contributed by atoms with van der Waals surface area (Å²) in [5.74, 6) is -2.81. The van der Waals surface area contributed by atoms with Crippen molar-refractivity contribution >= 4 is 34.0 Å². The molecule has 2 aromatic heterocycles. The van der Waals surface area contributed by atoms with Crippen LogP contribution in [0.25, 0.3) is 0 Å². The van der Waals surface area contributed by atoms with Crippen molar-refractivity contribution in [1.29, 1.82) is 0 Å². The van der Waals surface area contributed by atoms with Crippen LogP contribution in [0.3, 0.4) is 0 Å². The molecule has 0 bridgehead atoms. The number of carbonyl (C=O) groups is 2. The minimum absolute atomic E-state index is 0.0212. The number of rotatable bonds is 4. The molecule has 0 radical (unpaired) electrons. The first-order valence-electron chi connectivity index (χ1n) is 9.71. The number of nitrogens with one attached hydrogen (secondary N) is 1. The molecule has 1 spiro atoms. The maximum absolute atomic E-state index is 13.5. The van der Waals surface area contributed by atoms with Crippen molar-refractivity contribution in [1.82, 2.24) is 15.3 Å². The van der Waals surface area contributed by atoms with E-state index in [-0.39, 0.29) is 33.9 Å². The lowest BCUT2D eigenvalue weighted by Gasteiger charge is -2.47. The van der Waals surface area contributed by atoms with Gasteiger partial charge in [0.05, 0.1) is 5.69 Å². The summed E-state index contributed by atoms with van der Waals surface area (Å²) in [6.45, 7) is 3.01. The number of hydrogen-bond donors (Lipinski definition) is 1. The van der Waals surface area contributed by atoms with Gasteiger partial charge in [-0.2, -0.15) is 13.8 Å². The summed E-state index contributed by atoms with van der Waals surface area (Å²) in [6.07, 6.45) is 6.83. The van der Waals surface area contributed by atoms with Gasteiger partial charge in [-0.1, -0.05) is 12.8 Å². The number of aryl methyl sites for hydroxylation is 1. The highest BCUT2D eigenvalue weighted by Gasteiger charge is 2.48. The molecule has 6 nitrogen and oxygen atoms in total. The second kappa shape index (κ2) is 7.44. The van der Waals surface area contributed by atoms with Crippen LogP contribution in [0.4, 0.5) is 19.6 Å². The fraction of sp³-hybridized carbons (Fsp3) is 0.500. The van der Waals surface area contributed by atoms with Gasteiger partial charge in [-0.05, 0) is 38.0 Å². The molecule has 9 heteroatoms. The topological polar surface area (TPSA) is 75.2 Å². The van der Waals surface area contributed by atoms with Crippen LogP contribution in [-0.2, 0) is 4.79 Å². The fourth-order valence-corrected chi connectivity index (χ4v) is 5.49. The zero-order valence-electron chi connectivity index (χ0n) is 16.3. The van der Waals surface area contributed by atoms with Gasteiger partial charge in [0, 0.05) is 30.0 Å². The SMILES string of the molecule is CC(=O)N(c1cc(F)nc(F)c1)c1nc(C(=O)NC2CCC23CCCC3)c(C)s1. The van der Waals surface area contributed by atoms with Crippen LogP contribution >= 0.6 is 11.3 Å². The van der Waals surface area contributed by atoms with E-state index >= 15 is 0 Å². The van der Waals surface area contributed by atoms with Crippen LogP contribution in [0.15, 0.2) is 12.1 Å². The quantitative estimate of drug-likeness (QED) is 0.750. The first-order valence-corrected chi connectivity index (χ1v) is 10.5. The molecule has 2 fully saturated rings. The molecule has 0 saturated heterocycles. The van der Waals surface area contributed by atoms with E-state index in [9.17, 15) is 18.4 Å². The summed E-state index contributed by atoms with van der Waals surface area (Å²) in [5.41, 5.74) is 0.457. The molecule has 2 amide bonds. The van der Waals surface area contributed by atoms with Crippen LogP contribution in [0, 0.1) is 24.2 Å². The fourth-order valence-electron chi connectivity index (χ4n) is 4.52. The van der Waals surface area contributed by atoms with Crippen molar-refractivity contribution in [2.24, 2.45) is 5.41 Å². The molecule has 2 heterocycles. The van der Waals surface area contributed by atoms with Crippen molar-refractivity contribution in [3.63, 3.8) is 0 Å². The second-order valence-corrected chi connectivity index (χ2v) is 9.04. The van der Waals surface area contributed by atoms with Crippen molar-refractivity contribution in [3.8, 4) is 0 Å². The number of hydrogen-bond acceptors (Lipinski definition) is 5. The first kappa shape index (κ1) is 19.9. The smallest absolute Gasteiger partial charge is 0.271 e. The molecule has 1 unspecified atom stereocenters. The number of carbonyl (C=O) groups excluding carboxylic acids is 2. The zero-order chi connectivity index (χ0) is 20.8. The summed E-state index contributed by atoms with van der Waals surface area (Å²) in [7, 11) is 0. The largest absolute Gasteiger partial charge is 0.347 e. The standard InChI is InChI=1S/C20H22F2N4O2S/c1-11-17(18(28)23-14-5-8-20(14)6-3-4-7-20)25-19(29-11)26(12(2)27)13-9-15(21)24-16(22)10-13/h9-10,14H,3-8H2,1-2H3,(H,23,28). The lowest BCUT2D eigenvalue weighted by atomic mass is 9.63. The number of halogens is 2. The van der Waals surface area contributed by atoms with Gasteiger partial charge in [-0.3, -0.25) is 14.5 Å². The Bertz CT molecular complexity index is 951. The number of nitrogens with zero attached hydrogens (tertiary/aromatic N) is 3. The Kier molecular flexibility index (Phi) is 5.10. The summed E-state index contributed by atoms with van der Waals surface area (Å²) >= 11 is 1.13. The molecule has 0 aromatic carbocycles. The Labute approximate surface area is 171 Å². The number of thiazole rings is 1. The van der Waals surface area contributed by atoms with Gasteiger partial charge in [0.1, 0.15) is 5.69 Å². The molecule has 2 aromatic rings. The monoisotopic (exact) mass is 420 g/mol. The zero-order valence-corrected chi connectivity index (χ0v) is 17.1. The van der Waals surface area contributed by atoms with E-state index < -0.39 is 17.8 Å². The Hall–Kier alpha value is -2.42. The van der Waals surface area contributed by atoms with Crippen molar-refractivity contribution < 1.29 is 18.4 Å². The van der Waals surface area contributed by atoms with E-state index in [1.165, 1.54) is 19.8 Å². The average Bonchev–Trinajstić information content (AvgIpc) is 3.26. The van der Waals surface area contributed by atoms with Gasteiger partial charge in [0.15, 0.2) is 5.13 Å². The third-order valence-corrected chi connectivity index (χ3v) is 7.04. The number of amides is 2. The lowest BCUT2D eigenvalue weighted by Crippen LogP contribution is -2.54. The minimum atomic E-state index is -1.04. The summed E-state index contributed by atoms with van der Waals surface area (Å²) in [5, 5.41) is 3.31. The molecular formula is C20H22F2N4O2S. The molecule has 2 aliphatic rings. The Morgan fingerprint density at radius 1 is 1.17 bits per heavy atom. The average molecular weight is 420 g/mol. The lowest BCUT2D eigenvalue weighted by molar-refractivity contribution is -0.115. The highest BCUT2D eigenvalue weighted by Crippen LogP contribution is 2.53. The highest BCUT2D eigenvalue weighted by molar-refractivity contribution is 7.16. The molecule has 1 atom stereocenters. The third kappa shape index (κ3) is 3.63. The van der Waals surface area contributed by atoms with Crippen LogP contribution in [-0.4, -0.2) is 27.8 Å². The second-order valence-electron chi connectivity index (χ2n) is 7.86. The molecule has 154 valence electrons. The molecule has 2 aliphatic carbocycles. The van der Waals surface area contributed by atoms with Crippen LogP contribution < -0.4 is 10.2 Å². The first-order chi connectivity index (χ1) is 13.8. The van der Waals surface area contributed by atoms with Crippen LogP contribution in [0.1, 0.15) is 60.8 Å². The van der Waals surface area contributed by atoms with Crippen molar-refractivity contribution in [2.45, 2.75) is 58.4 Å². The number of anilines is 2.